The molecule has 172 valence electrons. The molecule has 3 aromatic rings. The number of halogens is 1. The van der Waals surface area contributed by atoms with E-state index in [1.165, 1.54) is 5.56 Å². The number of nitrogens with one attached hydrogen (secondary N) is 1. The lowest BCUT2D eigenvalue weighted by Gasteiger charge is -2.28. The number of carbonyl (C=O) groups is 1. The predicted octanol–water partition coefficient (Wildman–Crippen LogP) is 5.99. The molecule has 3 atom stereocenters. The van der Waals surface area contributed by atoms with Gasteiger partial charge in [-0.2, -0.15) is 0 Å². The summed E-state index contributed by atoms with van der Waals surface area (Å²) in [6, 6.07) is 21.4. The topological polar surface area (TPSA) is 50.8 Å². The van der Waals surface area contributed by atoms with Crippen molar-refractivity contribution in [2.75, 3.05) is 7.11 Å². The SMILES string of the molecule is COc1ccc(C2NC(c3ccc(C)cc3)C(c3cccc(Cl)c3)N2C=O)c(OC(C)C)c1. The molecule has 0 bridgehead atoms. The molecule has 33 heavy (non-hydrogen) atoms. The second kappa shape index (κ2) is 9.86. The van der Waals surface area contributed by atoms with Crippen LogP contribution in [0.3, 0.4) is 0 Å². The molecule has 1 aliphatic rings. The molecule has 1 amide bonds. The van der Waals surface area contributed by atoms with E-state index in [1.807, 2.05) is 61.2 Å². The van der Waals surface area contributed by atoms with Crippen molar-refractivity contribution < 1.29 is 14.3 Å². The number of aryl methyl sites for hydroxylation is 1. The lowest BCUT2D eigenvalue weighted by atomic mass is 9.94. The molecule has 1 fully saturated rings. The van der Waals surface area contributed by atoms with Gasteiger partial charge in [-0.1, -0.05) is 53.6 Å². The highest BCUT2D eigenvalue weighted by molar-refractivity contribution is 6.30. The third-order valence-electron chi connectivity index (χ3n) is 5.90. The van der Waals surface area contributed by atoms with E-state index < -0.39 is 6.17 Å². The smallest absolute Gasteiger partial charge is 0.211 e. The van der Waals surface area contributed by atoms with Gasteiger partial charge >= 0.3 is 0 Å². The van der Waals surface area contributed by atoms with Crippen LogP contribution in [0.4, 0.5) is 0 Å². The first-order valence-electron chi connectivity index (χ1n) is 11.1. The molecule has 0 spiro atoms. The fourth-order valence-electron chi connectivity index (χ4n) is 4.39. The van der Waals surface area contributed by atoms with Crippen molar-refractivity contribution in [2.24, 2.45) is 0 Å². The summed E-state index contributed by atoms with van der Waals surface area (Å²) in [5.74, 6) is 1.38. The van der Waals surface area contributed by atoms with Crippen LogP contribution in [0.1, 0.15) is 54.4 Å². The van der Waals surface area contributed by atoms with Crippen LogP contribution < -0.4 is 14.8 Å². The largest absolute Gasteiger partial charge is 0.497 e. The molecule has 1 heterocycles. The maximum atomic E-state index is 12.5. The average molecular weight is 465 g/mol. The number of methoxy groups -OCH3 is 1. The fraction of sp³-hybridized carbons (Fsp3) is 0.296. The van der Waals surface area contributed by atoms with Crippen molar-refractivity contribution in [3.05, 3.63) is 94.0 Å². The van der Waals surface area contributed by atoms with Gasteiger partial charge in [0.2, 0.25) is 6.41 Å². The molecule has 3 unspecified atom stereocenters. The predicted molar refractivity (Wildman–Crippen MR) is 131 cm³/mol. The Morgan fingerprint density at radius 3 is 2.42 bits per heavy atom. The average Bonchev–Trinajstić information content (AvgIpc) is 3.18. The van der Waals surface area contributed by atoms with Crippen LogP contribution in [-0.2, 0) is 4.79 Å². The van der Waals surface area contributed by atoms with Crippen molar-refractivity contribution in [1.82, 2.24) is 10.2 Å². The highest BCUT2D eigenvalue weighted by Gasteiger charge is 2.43. The summed E-state index contributed by atoms with van der Waals surface area (Å²) >= 11 is 6.34. The standard InChI is InChI=1S/C27H29ClN2O3/c1-17(2)33-24-15-22(32-4)12-13-23(24)27-29-25(19-10-8-18(3)9-11-19)26(30(27)16-31)20-6-5-7-21(28)14-20/h5-17,25-27,29H,1-4H3. The highest BCUT2D eigenvalue weighted by atomic mass is 35.5. The number of hydrogen-bond donors (Lipinski definition) is 1. The first-order chi connectivity index (χ1) is 15.9. The second-order valence-electron chi connectivity index (χ2n) is 8.58. The Labute approximate surface area is 200 Å². The summed E-state index contributed by atoms with van der Waals surface area (Å²) in [6.07, 6.45) is 0.483. The van der Waals surface area contributed by atoms with E-state index in [1.54, 1.807) is 7.11 Å². The van der Waals surface area contributed by atoms with Crippen molar-refractivity contribution in [1.29, 1.82) is 0 Å². The normalized spacial score (nSPS) is 20.2. The molecule has 0 saturated carbocycles. The number of amides is 1. The lowest BCUT2D eigenvalue weighted by molar-refractivity contribution is -0.121. The zero-order valence-electron chi connectivity index (χ0n) is 19.3. The molecule has 4 rings (SSSR count). The monoisotopic (exact) mass is 464 g/mol. The zero-order valence-corrected chi connectivity index (χ0v) is 20.0. The van der Waals surface area contributed by atoms with E-state index in [-0.39, 0.29) is 18.2 Å². The van der Waals surface area contributed by atoms with E-state index >= 15 is 0 Å². The molecule has 1 saturated heterocycles. The number of hydrogen-bond acceptors (Lipinski definition) is 4. The van der Waals surface area contributed by atoms with E-state index in [4.69, 9.17) is 21.1 Å². The third kappa shape index (κ3) is 4.85. The van der Waals surface area contributed by atoms with Crippen LogP contribution in [0.5, 0.6) is 11.5 Å². The summed E-state index contributed by atoms with van der Waals surface area (Å²) in [5, 5.41) is 4.33. The first kappa shape index (κ1) is 23.1. The van der Waals surface area contributed by atoms with Crippen LogP contribution in [0, 0.1) is 6.92 Å². The molecule has 5 nitrogen and oxygen atoms in total. The number of benzene rings is 3. The van der Waals surface area contributed by atoms with Crippen molar-refractivity contribution in [3.63, 3.8) is 0 Å². The van der Waals surface area contributed by atoms with Gasteiger partial charge in [0.05, 0.1) is 25.3 Å². The number of nitrogens with zero attached hydrogens (tertiary/aromatic N) is 1. The van der Waals surface area contributed by atoms with E-state index in [0.717, 1.165) is 23.1 Å². The highest BCUT2D eigenvalue weighted by Crippen LogP contribution is 2.47. The number of carbonyl (C=O) groups excluding carboxylic acids is 1. The molecule has 3 aromatic carbocycles. The van der Waals surface area contributed by atoms with Crippen molar-refractivity contribution in [2.45, 2.75) is 45.1 Å². The minimum atomic E-state index is -0.391. The summed E-state index contributed by atoms with van der Waals surface area (Å²) in [4.78, 5) is 14.3. The Hall–Kier alpha value is -3.02. The van der Waals surface area contributed by atoms with E-state index in [2.05, 4.69) is 36.5 Å². The van der Waals surface area contributed by atoms with Crippen LogP contribution in [0.15, 0.2) is 66.7 Å². The summed E-state index contributed by atoms with van der Waals surface area (Å²) in [5.41, 5.74) is 4.12. The Morgan fingerprint density at radius 2 is 1.79 bits per heavy atom. The van der Waals surface area contributed by atoms with Crippen LogP contribution in [-0.4, -0.2) is 24.5 Å². The van der Waals surface area contributed by atoms with Gasteiger partial charge in [-0.15, -0.1) is 0 Å². The molecular formula is C27H29ClN2O3. The quantitative estimate of drug-likeness (QED) is 0.436. The maximum Gasteiger partial charge on any atom is 0.211 e. The molecule has 0 aliphatic carbocycles. The molecule has 0 radical (unpaired) electrons. The molecule has 6 heteroatoms. The van der Waals surface area contributed by atoms with E-state index in [0.29, 0.717) is 16.5 Å². The molecular weight excluding hydrogens is 436 g/mol. The third-order valence-corrected chi connectivity index (χ3v) is 6.13. The molecule has 1 aliphatic heterocycles. The van der Waals surface area contributed by atoms with Gasteiger partial charge in [0.15, 0.2) is 0 Å². The zero-order chi connectivity index (χ0) is 23.5. The number of ether oxygens (including phenoxy) is 2. The number of rotatable bonds is 7. The van der Waals surface area contributed by atoms with Gasteiger partial charge in [0.1, 0.15) is 17.7 Å². The first-order valence-corrected chi connectivity index (χ1v) is 11.4. The Kier molecular flexibility index (Phi) is 6.91. The summed E-state index contributed by atoms with van der Waals surface area (Å²) < 4.78 is 11.5. The molecule has 1 N–H and O–H groups in total. The molecule has 0 aromatic heterocycles. The Bertz CT molecular complexity index is 1120. The van der Waals surface area contributed by atoms with Crippen LogP contribution >= 0.6 is 11.6 Å². The van der Waals surface area contributed by atoms with Gasteiger partial charge in [-0.3, -0.25) is 10.1 Å². The van der Waals surface area contributed by atoms with Crippen molar-refractivity contribution in [3.8, 4) is 11.5 Å². The van der Waals surface area contributed by atoms with Gasteiger partial charge in [-0.25, -0.2) is 0 Å². The minimum Gasteiger partial charge on any atom is -0.497 e. The Morgan fingerprint density at radius 1 is 1.03 bits per heavy atom. The van der Waals surface area contributed by atoms with Gasteiger partial charge in [0, 0.05) is 16.7 Å². The Balaban J connectivity index is 1.83. The van der Waals surface area contributed by atoms with Crippen molar-refractivity contribution >= 4 is 18.0 Å². The van der Waals surface area contributed by atoms with E-state index in [9.17, 15) is 4.79 Å². The summed E-state index contributed by atoms with van der Waals surface area (Å²) in [6.45, 7) is 6.02. The van der Waals surface area contributed by atoms with Gasteiger partial charge in [0.25, 0.3) is 0 Å². The fourth-order valence-corrected chi connectivity index (χ4v) is 4.59. The summed E-state index contributed by atoms with van der Waals surface area (Å²) in [7, 11) is 1.63. The lowest BCUT2D eigenvalue weighted by Crippen LogP contribution is -2.28. The minimum absolute atomic E-state index is 0.0291. The second-order valence-corrected chi connectivity index (χ2v) is 9.02. The van der Waals surface area contributed by atoms with Gasteiger partial charge < -0.3 is 14.4 Å². The van der Waals surface area contributed by atoms with Crippen LogP contribution in [0.2, 0.25) is 5.02 Å². The maximum absolute atomic E-state index is 12.5. The van der Waals surface area contributed by atoms with Crippen LogP contribution in [0.25, 0.3) is 0 Å². The van der Waals surface area contributed by atoms with Gasteiger partial charge in [-0.05, 0) is 56.2 Å².